The number of hydrogen-bond acceptors (Lipinski definition) is 4. The summed E-state index contributed by atoms with van der Waals surface area (Å²) in [6.07, 6.45) is -2.22. The van der Waals surface area contributed by atoms with Crippen molar-refractivity contribution >= 4 is 23.1 Å². The summed E-state index contributed by atoms with van der Waals surface area (Å²) in [6, 6.07) is 9.80. The third kappa shape index (κ3) is 3.51. The van der Waals surface area contributed by atoms with Crippen LogP contribution in [0, 0.1) is 5.92 Å². The van der Waals surface area contributed by atoms with Gasteiger partial charge in [0.25, 0.3) is 0 Å². The fraction of sp³-hybridized carbons (Fsp3) is 0.286. The molecule has 0 saturated carbocycles. The molecule has 1 fully saturated rings. The second-order valence-electron chi connectivity index (χ2n) is 7.19. The number of halogens is 3. The number of carboxylic acids is 1. The number of aliphatic carboxylic acids is 1. The number of carbonyl (C=O) groups is 2. The van der Waals surface area contributed by atoms with E-state index in [1.807, 2.05) is 4.90 Å². The van der Waals surface area contributed by atoms with Crippen LogP contribution in [0.4, 0.5) is 19.0 Å². The van der Waals surface area contributed by atoms with Crippen LogP contribution in [0.15, 0.2) is 48.7 Å². The number of nitrogens with zero attached hydrogens (tertiary/aromatic N) is 3. The molecule has 30 heavy (non-hydrogen) atoms. The average Bonchev–Trinajstić information content (AvgIpc) is 3.12. The highest BCUT2D eigenvalue weighted by atomic mass is 19.4. The molecule has 156 valence electrons. The molecule has 0 spiro atoms. The van der Waals surface area contributed by atoms with Crippen molar-refractivity contribution in [1.29, 1.82) is 0 Å². The van der Waals surface area contributed by atoms with Crippen molar-refractivity contribution in [2.45, 2.75) is 19.0 Å². The Balaban J connectivity index is 1.76. The maximum Gasteiger partial charge on any atom is 0.417 e. The smallest absolute Gasteiger partial charge is 0.417 e. The first-order valence-electron chi connectivity index (χ1n) is 9.43. The molecule has 0 unspecified atom stereocenters. The van der Waals surface area contributed by atoms with Gasteiger partial charge in [0, 0.05) is 24.8 Å². The van der Waals surface area contributed by atoms with Gasteiger partial charge in [0.2, 0.25) is 5.78 Å². The van der Waals surface area contributed by atoms with Crippen LogP contribution in [0.3, 0.4) is 0 Å². The van der Waals surface area contributed by atoms with Crippen LogP contribution in [0.25, 0.3) is 5.52 Å². The van der Waals surface area contributed by atoms with E-state index in [0.717, 1.165) is 12.1 Å². The molecule has 1 aliphatic rings. The van der Waals surface area contributed by atoms with Crippen molar-refractivity contribution in [3.8, 4) is 0 Å². The molecular weight excluding hydrogens is 399 g/mol. The largest absolute Gasteiger partial charge is 0.481 e. The van der Waals surface area contributed by atoms with Crippen LogP contribution in [-0.2, 0) is 11.0 Å². The van der Waals surface area contributed by atoms with E-state index in [1.165, 1.54) is 16.5 Å². The summed E-state index contributed by atoms with van der Waals surface area (Å²) in [5.74, 6) is -1.75. The Morgan fingerprint density at radius 3 is 2.37 bits per heavy atom. The first kappa shape index (κ1) is 19.9. The molecular formula is C21H18F3N3O3. The summed E-state index contributed by atoms with van der Waals surface area (Å²) in [6.45, 7) is 0.872. The minimum atomic E-state index is -4.67. The Hall–Kier alpha value is -3.36. The van der Waals surface area contributed by atoms with Crippen LogP contribution >= 0.6 is 0 Å². The average molecular weight is 417 g/mol. The van der Waals surface area contributed by atoms with Crippen molar-refractivity contribution < 1.29 is 27.9 Å². The molecule has 0 atom stereocenters. The topological polar surface area (TPSA) is 74.9 Å². The Labute approximate surface area is 169 Å². The summed E-state index contributed by atoms with van der Waals surface area (Å²) in [5, 5.41) is 9.19. The minimum Gasteiger partial charge on any atom is -0.481 e. The van der Waals surface area contributed by atoms with Gasteiger partial charge in [-0.25, -0.2) is 4.98 Å². The van der Waals surface area contributed by atoms with E-state index in [4.69, 9.17) is 0 Å². The number of carboxylic acid groups (broad SMARTS) is 1. The number of aromatic nitrogens is 2. The SMILES string of the molecule is O=C(c1ccccc1C(F)(F)F)c1nc(N2CCC(C(=O)O)CC2)c2ccccn12. The fourth-order valence-corrected chi connectivity index (χ4v) is 3.80. The summed E-state index contributed by atoms with van der Waals surface area (Å²) >= 11 is 0. The standard InChI is InChI=1S/C21H18F3N3O3/c22-21(23,24)15-6-2-1-5-14(15)17(28)19-25-18(16-7-3-4-10-27(16)19)26-11-8-13(9-12-26)20(29)30/h1-7,10,13H,8-9,11-12H2,(H,29,30). The van der Waals surface area contributed by atoms with E-state index in [0.29, 0.717) is 37.3 Å². The molecule has 3 aromatic rings. The van der Waals surface area contributed by atoms with E-state index in [9.17, 15) is 27.9 Å². The van der Waals surface area contributed by atoms with Gasteiger partial charge in [0.15, 0.2) is 11.6 Å². The van der Waals surface area contributed by atoms with E-state index in [-0.39, 0.29) is 5.82 Å². The minimum absolute atomic E-state index is 0.113. The van der Waals surface area contributed by atoms with Crippen LogP contribution in [0.2, 0.25) is 0 Å². The number of benzene rings is 1. The third-order valence-electron chi connectivity index (χ3n) is 5.35. The predicted octanol–water partition coefficient (Wildman–Crippen LogP) is 3.89. The lowest BCUT2D eigenvalue weighted by Crippen LogP contribution is -2.36. The van der Waals surface area contributed by atoms with Crippen LogP contribution in [0.5, 0.6) is 0 Å². The Morgan fingerprint density at radius 1 is 1.03 bits per heavy atom. The zero-order valence-corrected chi connectivity index (χ0v) is 15.8. The lowest BCUT2D eigenvalue weighted by molar-refractivity contribution is -0.142. The highest BCUT2D eigenvalue weighted by Crippen LogP contribution is 2.34. The van der Waals surface area contributed by atoms with E-state index < -0.39 is 35.0 Å². The van der Waals surface area contributed by atoms with Crippen LogP contribution in [0.1, 0.15) is 34.6 Å². The molecule has 1 saturated heterocycles. The number of alkyl halides is 3. The second kappa shape index (κ2) is 7.47. The van der Waals surface area contributed by atoms with Gasteiger partial charge in [-0.3, -0.25) is 14.0 Å². The third-order valence-corrected chi connectivity index (χ3v) is 5.35. The first-order chi connectivity index (χ1) is 14.3. The number of fused-ring (bicyclic) bond motifs is 1. The molecule has 1 aromatic carbocycles. The van der Waals surface area contributed by atoms with Gasteiger partial charge in [-0.1, -0.05) is 24.3 Å². The maximum atomic E-state index is 13.4. The van der Waals surface area contributed by atoms with Crippen LogP contribution in [-0.4, -0.2) is 39.3 Å². The zero-order valence-electron chi connectivity index (χ0n) is 15.8. The number of hydrogen-bond donors (Lipinski definition) is 1. The molecule has 6 nitrogen and oxygen atoms in total. The number of piperidine rings is 1. The maximum absolute atomic E-state index is 13.4. The number of imidazole rings is 1. The van der Waals surface area contributed by atoms with E-state index >= 15 is 0 Å². The summed E-state index contributed by atoms with van der Waals surface area (Å²) in [4.78, 5) is 30.6. The summed E-state index contributed by atoms with van der Waals surface area (Å²) < 4.78 is 41.7. The molecule has 4 rings (SSSR count). The van der Waals surface area contributed by atoms with Crippen molar-refractivity contribution in [2.75, 3.05) is 18.0 Å². The van der Waals surface area contributed by atoms with Crippen molar-refractivity contribution in [1.82, 2.24) is 9.38 Å². The van der Waals surface area contributed by atoms with Gasteiger partial charge in [0.1, 0.15) is 0 Å². The van der Waals surface area contributed by atoms with Crippen LogP contribution < -0.4 is 4.90 Å². The number of carbonyl (C=O) groups excluding carboxylic acids is 1. The molecule has 0 amide bonds. The van der Waals surface area contributed by atoms with Crippen molar-refractivity contribution in [3.63, 3.8) is 0 Å². The molecule has 3 heterocycles. The molecule has 0 radical (unpaired) electrons. The second-order valence-corrected chi connectivity index (χ2v) is 7.19. The molecule has 2 aromatic heterocycles. The Morgan fingerprint density at radius 2 is 1.70 bits per heavy atom. The molecule has 0 aliphatic carbocycles. The molecule has 1 N–H and O–H groups in total. The quantitative estimate of drug-likeness (QED) is 0.652. The van der Waals surface area contributed by atoms with Gasteiger partial charge in [0.05, 0.1) is 17.0 Å². The number of anilines is 1. The predicted molar refractivity (Wildman–Crippen MR) is 103 cm³/mol. The van der Waals surface area contributed by atoms with Gasteiger partial charge in [-0.15, -0.1) is 0 Å². The number of pyridine rings is 1. The molecule has 9 heteroatoms. The highest BCUT2D eigenvalue weighted by molar-refractivity contribution is 6.09. The van der Waals surface area contributed by atoms with Gasteiger partial charge >= 0.3 is 12.1 Å². The van der Waals surface area contributed by atoms with Gasteiger partial charge < -0.3 is 10.0 Å². The van der Waals surface area contributed by atoms with E-state index in [1.54, 1.807) is 24.4 Å². The summed E-state index contributed by atoms with van der Waals surface area (Å²) in [5.41, 5.74) is -0.887. The lowest BCUT2D eigenvalue weighted by atomic mass is 9.97. The van der Waals surface area contributed by atoms with Crippen molar-refractivity contribution in [3.05, 3.63) is 65.6 Å². The first-order valence-corrected chi connectivity index (χ1v) is 9.43. The summed E-state index contributed by atoms with van der Waals surface area (Å²) in [7, 11) is 0. The Bertz CT molecular complexity index is 1120. The molecule has 0 bridgehead atoms. The normalized spacial score (nSPS) is 15.5. The lowest BCUT2D eigenvalue weighted by Gasteiger charge is -2.30. The number of rotatable bonds is 4. The Kier molecular flexibility index (Phi) is 4.97. The zero-order chi connectivity index (χ0) is 21.5. The van der Waals surface area contributed by atoms with Gasteiger partial charge in [-0.05, 0) is 31.0 Å². The fourth-order valence-electron chi connectivity index (χ4n) is 3.80. The van der Waals surface area contributed by atoms with Gasteiger partial charge in [-0.2, -0.15) is 13.2 Å². The molecule has 1 aliphatic heterocycles. The van der Waals surface area contributed by atoms with E-state index in [2.05, 4.69) is 4.98 Å². The van der Waals surface area contributed by atoms with Crippen molar-refractivity contribution in [2.24, 2.45) is 5.92 Å². The number of ketones is 1. The highest BCUT2D eigenvalue weighted by Gasteiger charge is 2.36. The monoisotopic (exact) mass is 417 g/mol.